The first-order valence-corrected chi connectivity index (χ1v) is 52.7. The molecular weight excluding hydrogens is 1740 g/mol. The van der Waals surface area contributed by atoms with Crippen LogP contribution < -0.4 is 16.4 Å². The van der Waals surface area contributed by atoms with E-state index in [9.17, 15) is 70.6 Å². The molecule has 15 N–H and O–H groups in total. The van der Waals surface area contributed by atoms with Crippen molar-refractivity contribution in [3.8, 4) is 0 Å². The van der Waals surface area contributed by atoms with Crippen molar-refractivity contribution in [1.29, 1.82) is 0 Å². The van der Waals surface area contributed by atoms with E-state index < -0.39 is 76.5 Å². The van der Waals surface area contributed by atoms with Crippen LogP contribution in [0, 0.1) is 56.2 Å². The number of nitrogens with one attached hydrogen (secondary N) is 2. The molecule has 1 aliphatic heterocycles. The third-order valence-electron chi connectivity index (χ3n) is 16.7. The molecule has 2 rings (SSSR count). The van der Waals surface area contributed by atoms with Gasteiger partial charge in [-0.2, -0.15) is 16.8 Å². The average Bonchev–Trinajstić information content (AvgIpc) is 0.813. The second-order valence-electron chi connectivity index (χ2n) is 40.6. The number of carbonyl (C=O) groups is 6. The highest BCUT2D eigenvalue weighted by Crippen LogP contribution is 2.39. The van der Waals surface area contributed by atoms with E-state index in [1.54, 1.807) is 77.6 Å². The highest BCUT2D eigenvalue weighted by molar-refractivity contribution is 8.76. The smallest absolute Gasteiger partial charge is 0.359 e. The molecule has 1 aromatic heterocycles. The summed E-state index contributed by atoms with van der Waals surface area (Å²) >= 11 is 0. The maximum Gasteiger partial charge on any atom is 0.359 e. The number of amides is 3. The van der Waals surface area contributed by atoms with Gasteiger partial charge in [-0.1, -0.05) is 230 Å². The number of quaternary nitrogens is 2. The van der Waals surface area contributed by atoms with E-state index in [4.69, 9.17) is 49.4 Å². The summed E-state index contributed by atoms with van der Waals surface area (Å²) in [6.07, 6.45) is 7.63. The van der Waals surface area contributed by atoms with E-state index in [2.05, 4.69) is 71.0 Å². The van der Waals surface area contributed by atoms with E-state index in [1.165, 1.54) is 4.90 Å². The maximum absolute atomic E-state index is 12.2. The van der Waals surface area contributed by atoms with Gasteiger partial charge in [0, 0.05) is 92.8 Å². The zero-order valence-electron chi connectivity index (χ0n) is 82.6. The normalized spacial score (nSPS) is 16.7. The molecule has 9 atom stereocenters. The number of carbonyl (C=O) groups excluding carboxylic acids is 4. The quantitative estimate of drug-likeness (QED) is 0.00961. The number of rotatable bonds is 38. The number of aliphatic hydroxyl groups excluding tert-OH is 5. The molecule has 31 nitrogen and oxygen atoms in total. The van der Waals surface area contributed by atoms with E-state index >= 15 is 0 Å². The molecule has 1 saturated heterocycles. The third-order valence-corrected chi connectivity index (χ3v) is 23.5. The number of aromatic nitrogens is 1. The van der Waals surface area contributed by atoms with Gasteiger partial charge in [-0.25, -0.2) is 4.79 Å². The summed E-state index contributed by atoms with van der Waals surface area (Å²) < 4.78 is 80.2. The fourth-order valence-corrected chi connectivity index (χ4v) is 16.2. The number of hydrogen-bond acceptors (Lipinski definition) is 24. The van der Waals surface area contributed by atoms with Gasteiger partial charge in [0.15, 0.2) is 18.6 Å². The molecule has 1 aliphatic rings. The molecule has 0 aromatic carbocycles. The number of likely N-dealkylation sites (N-methyl/N-ethyl adjacent to an activating group) is 2. The standard InChI is InChI=1S/C16H25N3O2S2.C12H23NO2S2.C10H20O5.C9H20O2.C8H17NO2.C7H17NO3S.C6H15N.C6H15O3P.C6H14O3S.C6H12O2/c1-5-12(2)15(20)18-14(16(21)19(3)4)8-10-22-23-13-7-6-9-17-11-13;1-5-9(3)12(15)13-10(11(14)6-2)7-8-17-16-4;1-10(2,3)4-5-6(11)7(12)8(13)9(14)15-5;1-9(2,3)5-8-11-7-4-6-10;1-7(2)5-9(3,4)6-8(10)11;1-7(2)5-8(3,4)6-12(9,10)11;1-6(2,3)4-5-7;2*1-6(2,3)4-5-10(7,8)9;1-6(2,3)4-5(7)8/h6-7,9,11-12,14H,5,8,10H2,1-4H3,(H,18,20);9-10H,5-8H2,1-4H3,(H,13,15);5-9,11-14H,4H2,1-3H3;10H,4-8H2,1-3H3;7H,5-6H2,1-4H3;7H,5-6H2,1-4H3;4-5,7H2,1-3H3;4-5H2,1-3H3,(H2,7,8,9);4-5H2,1-3H3,(H,7,8,9);4H2,1-3H3,(H,7,8)/p+2/t;;5?,6-,7-,8?,9-;;;;;;;/m..1......./s1. The van der Waals surface area contributed by atoms with Gasteiger partial charge in [0.05, 0.1) is 71.8 Å². The van der Waals surface area contributed by atoms with Gasteiger partial charge in [-0.05, 0) is 122 Å². The van der Waals surface area contributed by atoms with Gasteiger partial charge in [0.2, 0.25) is 23.6 Å². The summed E-state index contributed by atoms with van der Waals surface area (Å²) in [5.74, 6) is 0.715. The van der Waals surface area contributed by atoms with Crippen LogP contribution in [0.2, 0.25) is 0 Å². The highest BCUT2D eigenvalue weighted by Gasteiger charge is 2.44. The van der Waals surface area contributed by atoms with Crippen molar-refractivity contribution < 1.29 is 123 Å². The van der Waals surface area contributed by atoms with Crippen molar-refractivity contribution in [3.05, 3.63) is 24.5 Å². The Balaban J connectivity index is -0.000000205. The first-order valence-electron chi connectivity index (χ1n) is 42.6. The van der Waals surface area contributed by atoms with E-state index in [1.807, 2.05) is 170 Å². The van der Waals surface area contributed by atoms with Crippen LogP contribution in [0.15, 0.2) is 29.4 Å². The van der Waals surface area contributed by atoms with Crippen molar-refractivity contribution in [2.24, 2.45) is 61.9 Å². The lowest BCUT2D eigenvalue weighted by atomic mass is 9.84. The van der Waals surface area contributed by atoms with Crippen LogP contribution in [0.1, 0.15) is 264 Å². The van der Waals surface area contributed by atoms with E-state index in [-0.39, 0.29) is 100 Å². The number of nitrogens with zero attached hydrogens (tertiary/aromatic N) is 4. The van der Waals surface area contributed by atoms with Crippen molar-refractivity contribution in [2.75, 3.05) is 124 Å². The molecule has 0 spiro atoms. The summed E-state index contributed by atoms with van der Waals surface area (Å²) in [6.45, 7) is 58.6. The van der Waals surface area contributed by atoms with E-state index in [0.29, 0.717) is 70.3 Å². The molecule has 0 radical (unpaired) electrons. The molecule has 3 amide bonds. The summed E-state index contributed by atoms with van der Waals surface area (Å²) in [4.78, 5) is 91.8. The van der Waals surface area contributed by atoms with Gasteiger partial charge in [0.1, 0.15) is 24.4 Å². The molecule has 0 bridgehead atoms. The van der Waals surface area contributed by atoms with E-state index in [0.717, 1.165) is 81.2 Å². The minimum Gasteiger partial charge on any atom is -0.481 e. The summed E-state index contributed by atoms with van der Waals surface area (Å²) in [7, 11) is 6.19. The molecule has 38 heteroatoms. The third kappa shape index (κ3) is 101. The molecule has 1 fully saturated rings. The van der Waals surface area contributed by atoms with Gasteiger partial charge in [0.25, 0.3) is 10.1 Å². The topological polar surface area (TPSA) is 495 Å². The first kappa shape index (κ1) is 137. The zero-order valence-corrected chi connectivity index (χ0v) is 88.4. The van der Waals surface area contributed by atoms with Gasteiger partial charge in [-0.15, -0.1) is 0 Å². The Morgan fingerprint density at radius 2 is 1.08 bits per heavy atom. The Labute approximate surface area is 767 Å². The molecule has 1 aromatic rings. The Morgan fingerprint density at radius 1 is 0.629 bits per heavy atom. The number of Topliss-reactive ketones (excluding diaryl/α,β-unsaturated/α-hetero) is 1. The van der Waals surface area contributed by atoms with Crippen LogP contribution in [0.25, 0.3) is 0 Å². The molecule has 2 heterocycles. The highest BCUT2D eigenvalue weighted by atomic mass is 33.1. The van der Waals surface area contributed by atoms with Crippen LogP contribution in [-0.2, 0) is 63.0 Å². The first-order chi connectivity index (χ1) is 55.6. The van der Waals surface area contributed by atoms with Crippen LogP contribution in [0.3, 0.4) is 0 Å². The number of carboxylic acids is 2. The number of pyridine rings is 1. The van der Waals surface area contributed by atoms with Crippen molar-refractivity contribution >= 4 is 106 Å². The minimum absolute atomic E-state index is 0.00347. The number of ether oxygens (including phenoxy) is 2. The largest absolute Gasteiger partial charge is 0.481 e. The number of aliphatic carboxylic acids is 2. The average molecular weight is 1920 g/mol. The van der Waals surface area contributed by atoms with Crippen molar-refractivity contribution in [2.45, 2.75) is 312 Å². The van der Waals surface area contributed by atoms with Crippen LogP contribution in [0.5, 0.6) is 0 Å². The van der Waals surface area contributed by atoms with Crippen molar-refractivity contribution in [3.63, 3.8) is 0 Å². The molecule has 6 unspecified atom stereocenters. The number of carboxylic acid groups (broad SMARTS) is 2. The van der Waals surface area contributed by atoms with Crippen molar-refractivity contribution in [1.82, 2.24) is 20.5 Å². The molecule has 742 valence electrons. The lowest BCUT2D eigenvalue weighted by Gasteiger charge is -2.40. The molecule has 124 heavy (non-hydrogen) atoms. The lowest BCUT2D eigenvalue weighted by molar-refractivity contribution is -0.886. The SMILES string of the molecule is CC(C)(C)CC(=O)O.CC(C)(C)CC1O[C@@H](O)C(O)[C@H](O)[C@@H]1O.CC(C)(C)CCN.CC(C)(C)CCOCCCO.CC(C)(C)CCP(=O)(O)O.CC(C)(C)CCS(=O)(=O)O.CC(C)C[N+](C)(C)CC(=O)O.CC(C)C[N+](C)(C)CS(=O)(=O)O.CCC(=O)C(CCSSC)NC(=O)C(C)CC.CCC(C)C(=O)NC(CCSSc1cccnc1)C(=O)N(C)C. The van der Waals surface area contributed by atoms with Crippen LogP contribution >= 0.6 is 50.8 Å². The van der Waals surface area contributed by atoms with Gasteiger partial charge < -0.3 is 85.2 Å². The number of ketones is 1. The number of nitrogens with two attached hydrogens (primary N) is 1. The Bertz CT molecular complexity index is 3230. The number of hydrogen-bond donors (Lipinski definition) is 14. The van der Waals surface area contributed by atoms with Gasteiger partial charge >= 0.3 is 29.7 Å². The predicted molar refractivity (Wildman–Crippen MR) is 513 cm³/mol. The predicted octanol–water partition coefficient (Wildman–Crippen LogP) is 13.9. The van der Waals surface area contributed by atoms with Crippen LogP contribution in [0.4, 0.5) is 0 Å². The monoisotopic (exact) mass is 1920 g/mol. The Morgan fingerprint density at radius 3 is 1.40 bits per heavy atom. The lowest BCUT2D eigenvalue weighted by Crippen LogP contribution is -2.58. The van der Waals surface area contributed by atoms with Gasteiger partial charge in [-0.3, -0.25) is 42.6 Å². The summed E-state index contributed by atoms with van der Waals surface area (Å²) in [6, 6.07) is 3.13. The Hall–Kier alpha value is -2.86. The number of aliphatic hydroxyl groups is 5. The molecular formula is C86H180N7O24PS6+2. The second-order valence-corrected chi connectivity index (χ2v) is 50.5. The maximum atomic E-state index is 12.2. The summed E-state index contributed by atoms with van der Waals surface area (Å²) in [5.41, 5.74) is 5.92. The molecule has 0 aliphatic carbocycles. The van der Waals surface area contributed by atoms with Crippen LogP contribution in [-0.4, -0.2) is 292 Å². The second kappa shape index (κ2) is 69.1. The Kier molecular flexibility index (Phi) is 76.1. The zero-order chi connectivity index (χ0) is 99.6. The molecule has 0 saturated carbocycles. The fraction of sp³-hybridized carbons (Fsp3) is 0.872. The fourth-order valence-electron chi connectivity index (χ4n) is 10.1. The minimum atomic E-state index is -3.86. The summed E-state index contributed by atoms with van der Waals surface area (Å²) in [5, 5.41) is 68.6.